The molecule has 1 heterocycles. The molecule has 1 saturated heterocycles. The smallest absolute Gasteiger partial charge is 0.226 e. The van der Waals surface area contributed by atoms with E-state index in [0.717, 1.165) is 44.5 Å². The van der Waals surface area contributed by atoms with Crippen molar-refractivity contribution in [2.45, 2.75) is 32.1 Å². The monoisotopic (exact) mass is 291 g/mol. The highest BCUT2D eigenvalue weighted by molar-refractivity contribution is 5.78. The molecule has 1 aliphatic rings. The molecule has 0 aliphatic carbocycles. The van der Waals surface area contributed by atoms with Gasteiger partial charge in [0.15, 0.2) is 0 Å². The molecule has 0 spiro atoms. The van der Waals surface area contributed by atoms with Crippen LogP contribution in [-0.4, -0.2) is 42.7 Å². The minimum Gasteiger partial charge on any atom is -0.508 e. The van der Waals surface area contributed by atoms with E-state index in [4.69, 9.17) is 4.74 Å². The van der Waals surface area contributed by atoms with Crippen LogP contribution >= 0.6 is 0 Å². The summed E-state index contributed by atoms with van der Waals surface area (Å²) < 4.78 is 5.09. The number of aromatic hydroxyl groups is 1. The zero-order valence-electron chi connectivity index (χ0n) is 12.8. The van der Waals surface area contributed by atoms with Gasteiger partial charge in [0.1, 0.15) is 5.75 Å². The molecule has 116 valence electrons. The van der Waals surface area contributed by atoms with Crippen LogP contribution in [0.1, 0.15) is 31.2 Å². The summed E-state index contributed by atoms with van der Waals surface area (Å²) in [5.41, 5.74) is 0.958. The van der Waals surface area contributed by atoms with Crippen LogP contribution in [-0.2, 0) is 16.0 Å². The van der Waals surface area contributed by atoms with Gasteiger partial charge in [-0.15, -0.1) is 0 Å². The number of hydrogen-bond acceptors (Lipinski definition) is 3. The Balaban J connectivity index is 1.82. The lowest BCUT2D eigenvalue weighted by molar-refractivity contribution is -0.132. The first-order chi connectivity index (χ1) is 10.2. The van der Waals surface area contributed by atoms with Gasteiger partial charge in [-0.3, -0.25) is 4.79 Å². The van der Waals surface area contributed by atoms with Crippen LogP contribution in [0.25, 0.3) is 0 Å². The summed E-state index contributed by atoms with van der Waals surface area (Å²) >= 11 is 0. The number of piperidine rings is 1. The number of methoxy groups -OCH3 is 1. The van der Waals surface area contributed by atoms with E-state index in [-0.39, 0.29) is 11.7 Å². The number of nitrogens with zero attached hydrogens (tertiary/aromatic N) is 1. The van der Waals surface area contributed by atoms with Crippen LogP contribution in [0.15, 0.2) is 24.3 Å². The first kappa shape index (κ1) is 15.8. The summed E-state index contributed by atoms with van der Waals surface area (Å²) in [6.07, 6.45) is 4.94. The number of rotatable bonds is 6. The van der Waals surface area contributed by atoms with Crippen molar-refractivity contribution in [1.82, 2.24) is 4.90 Å². The zero-order valence-corrected chi connectivity index (χ0v) is 12.8. The number of hydrogen-bond donors (Lipinski definition) is 1. The molecule has 0 aromatic heterocycles. The third-order valence-electron chi connectivity index (χ3n) is 4.12. The van der Waals surface area contributed by atoms with E-state index in [0.29, 0.717) is 12.3 Å². The topological polar surface area (TPSA) is 49.8 Å². The predicted molar refractivity (Wildman–Crippen MR) is 82.2 cm³/mol. The van der Waals surface area contributed by atoms with E-state index >= 15 is 0 Å². The molecule has 1 atom stereocenters. The standard InChI is InChI=1S/C17H25NO3/c1-21-11-3-5-15-4-2-10-18(13-15)17(20)12-14-6-8-16(19)9-7-14/h6-9,15,19H,2-5,10-13H2,1H3/t15-/m0/s1. The van der Waals surface area contributed by atoms with Gasteiger partial charge in [-0.25, -0.2) is 0 Å². The second-order valence-corrected chi connectivity index (χ2v) is 5.83. The average molecular weight is 291 g/mol. The number of amides is 1. The highest BCUT2D eigenvalue weighted by atomic mass is 16.5. The number of phenolic OH excluding ortho intramolecular Hbond substituents is 1. The van der Waals surface area contributed by atoms with Crippen molar-refractivity contribution >= 4 is 5.91 Å². The number of carbonyl (C=O) groups is 1. The van der Waals surface area contributed by atoms with Crippen molar-refractivity contribution in [2.75, 3.05) is 26.8 Å². The van der Waals surface area contributed by atoms with Gasteiger partial charge in [0.05, 0.1) is 6.42 Å². The van der Waals surface area contributed by atoms with E-state index in [1.807, 2.05) is 17.0 Å². The number of likely N-dealkylation sites (tertiary alicyclic amines) is 1. The van der Waals surface area contributed by atoms with Gasteiger partial charge >= 0.3 is 0 Å². The van der Waals surface area contributed by atoms with Gasteiger partial charge in [-0.1, -0.05) is 12.1 Å². The highest BCUT2D eigenvalue weighted by Gasteiger charge is 2.23. The molecule has 0 saturated carbocycles. The summed E-state index contributed by atoms with van der Waals surface area (Å²) in [5, 5.41) is 9.27. The molecule has 1 amide bonds. The fourth-order valence-corrected chi connectivity index (χ4v) is 2.94. The van der Waals surface area contributed by atoms with E-state index in [1.165, 1.54) is 6.42 Å². The lowest BCUT2D eigenvalue weighted by atomic mass is 9.93. The van der Waals surface area contributed by atoms with Crippen molar-refractivity contribution in [2.24, 2.45) is 5.92 Å². The lowest BCUT2D eigenvalue weighted by Crippen LogP contribution is -2.40. The Bertz CT molecular complexity index is 444. The van der Waals surface area contributed by atoms with Gasteiger partial charge in [-0.05, 0) is 49.3 Å². The minimum atomic E-state index is 0.192. The Morgan fingerprint density at radius 2 is 2.14 bits per heavy atom. The van der Waals surface area contributed by atoms with E-state index in [1.54, 1.807) is 19.2 Å². The zero-order chi connectivity index (χ0) is 15.1. The number of phenols is 1. The van der Waals surface area contributed by atoms with Crippen LogP contribution in [0, 0.1) is 5.92 Å². The molecule has 1 fully saturated rings. The fraction of sp³-hybridized carbons (Fsp3) is 0.588. The molecular formula is C17H25NO3. The quantitative estimate of drug-likeness (QED) is 0.820. The molecule has 1 aliphatic heterocycles. The molecule has 1 N–H and O–H groups in total. The molecule has 0 unspecified atom stereocenters. The summed E-state index contributed by atoms with van der Waals surface area (Å²) in [4.78, 5) is 14.4. The second kappa shape index (κ2) is 8.03. The van der Waals surface area contributed by atoms with Crippen LogP contribution in [0.3, 0.4) is 0 Å². The Hall–Kier alpha value is -1.55. The van der Waals surface area contributed by atoms with Crippen molar-refractivity contribution in [3.05, 3.63) is 29.8 Å². The molecule has 1 aromatic rings. The maximum absolute atomic E-state index is 12.4. The molecule has 21 heavy (non-hydrogen) atoms. The Morgan fingerprint density at radius 3 is 2.86 bits per heavy atom. The molecule has 4 nitrogen and oxygen atoms in total. The van der Waals surface area contributed by atoms with Crippen LogP contribution in [0.2, 0.25) is 0 Å². The summed E-state index contributed by atoms with van der Waals surface area (Å²) in [6, 6.07) is 6.89. The Kier molecular flexibility index (Phi) is 6.05. The Morgan fingerprint density at radius 1 is 1.38 bits per heavy atom. The first-order valence-corrected chi connectivity index (χ1v) is 7.73. The van der Waals surface area contributed by atoms with Crippen molar-refractivity contribution in [1.29, 1.82) is 0 Å². The minimum absolute atomic E-state index is 0.192. The van der Waals surface area contributed by atoms with Gasteiger partial charge in [0.25, 0.3) is 0 Å². The van der Waals surface area contributed by atoms with E-state index < -0.39 is 0 Å². The molecule has 0 bridgehead atoms. The summed E-state index contributed by atoms with van der Waals surface area (Å²) in [6.45, 7) is 2.55. The van der Waals surface area contributed by atoms with Crippen molar-refractivity contribution in [3.63, 3.8) is 0 Å². The molecule has 1 aromatic carbocycles. The third kappa shape index (κ3) is 5.05. The predicted octanol–water partition coefficient (Wildman–Crippen LogP) is 2.60. The number of benzene rings is 1. The van der Waals surface area contributed by atoms with Crippen LogP contribution in [0.5, 0.6) is 5.75 Å². The number of carbonyl (C=O) groups excluding carboxylic acids is 1. The fourth-order valence-electron chi connectivity index (χ4n) is 2.94. The SMILES string of the molecule is COCCC[C@@H]1CCCN(C(=O)Cc2ccc(O)cc2)C1. The average Bonchev–Trinajstić information content (AvgIpc) is 2.50. The van der Waals surface area contributed by atoms with Crippen LogP contribution < -0.4 is 0 Å². The third-order valence-corrected chi connectivity index (χ3v) is 4.12. The van der Waals surface area contributed by atoms with E-state index in [9.17, 15) is 9.90 Å². The molecule has 4 heteroatoms. The largest absolute Gasteiger partial charge is 0.508 e. The molecule has 2 rings (SSSR count). The van der Waals surface area contributed by atoms with E-state index in [2.05, 4.69) is 0 Å². The normalized spacial score (nSPS) is 18.7. The highest BCUT2D eigenvalue weighted by Crippen LogP contribution is 2.22. The Labute approximate surface area is 126 Å². The lowest BCUT2D eigenvalue weighted by Gasteiger charge is -2.33. The maximum Gasteiger partial charge on any atom is 0.226 e. The van der Waals surface area contributed by atoms with Crippen molar-refractivity contribution in [3.8, 4) is 5.75 Å². The molecule has 0 radical (unpaired) electrons. The summed E-state index contributed by atoms with van der Waals surface area (Å²) in [5.74, 6) is 1.04. The first-order valence-electron chi connectivity index (χ1n) is 7.73. The number of ether oxygens (including phenoxy) is 1. The molecular weight excluding hydrogens is 266 g/mol. The van der Waals surface area contributed by atoms with Crippen molar-refractivity contribution < 1.29 is 14.6 Å². The van der Waals surface area contributed by atoms with Gasteiger partial charge in [0.2, 0.25) is 5.91 Å². The van der Waals surface area contributed by atoms with Crippen LogP contribution in [0.4, 0.5) is 0 Å². The van der Waals surface area contributed by atoms with Gasteiger partial charge in [0, 0.05) is 26.8 Å². The van der Waals surface area contributed by atoms with Gasteiger partial charge in [-0.2, -0.15) is 0 Å². The summed E-state index contributed by atoms with van der Waals surface area (Å²) in [7, 11) is 1.73. The van der Waals surface area contributed by atoms with Gasteiger partial charge < -0.3 is 14.7 Å². The maximum atomic E-state index is 12.4. The second-order valence-electron chi connectivity index (χ2n) is 5.83.